The normalized spacial score (nSPS) is 12.7. The Morgan fingerprint density at radius 2 is 1.92 bits per heavy atom. The van der Waals surface area contributed by atoms with Crippen LogP contribution in [0.25, 0.3) is 0 Å². The first kappa shape index (κ1) is 20.6. The summed E-state index contributed by atoms with van der Waals surface area (Å²) in [4.78, 5) is 13.5. The van der Waals surface area contributed by atoms with Crippen molar-refractivity contribution in [1.82, 2.24) is 5.32 Å². The van der Waals surface area contributed by atoms with Crippen LogP contribution >= 0.6 is 11.3 Å². The first-order valence-electron chi connectivity index (χ1n) is 8.60. The highest BCUT2D eigenvalue weighted by Gasteiger charge is 2.13. The Morgan fingerprint density at radius 1 is 1.19 bits per heavy atom. The van der Waals surface area contributed by atoms with Crippen LogP contribution < -0.4 is 5.32 Å². The molecule has 1 atom stereocenters. The largest absolute Gasteiger partial charge is 0.396 e. The summed E-state index contributed by atoms with van der Waals surface area (Å²) >= 11 is 1.67. The Hall–Kier alpha value is -1.70. The number of rotatable bonds is 10. The van der Waals surface area contributed by atoms with E-state index < -0.39 is 9.84 Å². The van der Waals surface area contributed by atoms with Crippen LogP contribution in [-0.2, 0) is 21.1 Å². The van der Waals surface area contributed by atoms with Crippen LogP contribution in [0.1, 0.15) is 35.6 Å². The number of hydrogen-bond donors (Lipinski definition) is 2. The van der Waals surface area contributed by atoms with Gasteiger partial charge in [-0.2, -0.15) is 0 Å². The zero-order valence-electron chi connectivity index (χ0n) is 14.8. The highest BCUT2D eigenvalue weighted by Crippen LogP contribution is 2.26. The van der Waals surface area contributed by atoms with Crippen molar-refractivity contribution in [3.8, 4) is 0 Å². The van der Waals surface area contributed by atoms with E-state index >= 15 is 0 Å². The van der Waals surface area contributed by atoms with Gasteiger partial charge in [0.2, 0.25) is 5.91 Å². The molecule has 2 aromatic rings. The van der Waals surface area contributed by atoms with Gasteiger partial charge in [0.05, 0.1) is 4.90 Å². The molecule has 142 valence electrons. The molecule has 0 bridgehead atoms. The zero-order valence-corrected chi connectivity index (χ0v) is 16.5. The van der Waals surface area contributed by atoms with E-state index in [2.05, 4.69) is 11.4 Å². The number of aryl methyl sites for hydroxylation is 1. The second kappa shape index (κ2) is 9.85. The van der Waals surface area contributed by atoms with Crippen LogP contribution in [0, 0.1) is 0 Å². The number of thiophene rings is 1. The lowest BCUT2D eigenvalue weighted by Crippen LogP contribution is -2.26. The predicted molar refractivity (Wildman–Crippen MR) is 104 cm³/mol. The third-order valence-electron chi connectivity index (χ3n) is 4.23. The molecule has 26 heavy (non-hydrogen) atoms. The number of benzene rings is 1. The number of aliphatic hydroxyl groups excluding tert-OH is 1. The molecule has 0 fully saturated rings. The van der Waals surface area contributed by atoms with Crippen molar-refractivity contribution in [3.05, 3.63) is 52.2 Å². The van der Waals surface area contributed by atoms with Gasteiger partial charge in [-0.15, -0.1) is 11.3 Å². The van der Waals surface area contributed by atoms with E-state index in [0.717, 1.165) is 12.0 Å². The summed E-state index contributed by atoms with van der Waals surface area (Å²) in [6, 6.07) is 10.7. The quantitative estimate of drug-likeness (QED) is 0.648. The minimum Gasteiger partial charge on any atom is -0.396 e. The second-order valence-electron chi connectivity index (χ2n) is 6.28. The molecule has 0 saturated heterocycles. The van der Waals surface area contributed by atoms with Crippen LogP contribution in [0.5, 0.6) is 0 Å². The van der Waals surface area contributed by atoms with E-state index in [1.807, 2.05) is 11.4 Å². The number of nitrogens with one attached hydrogen (secondary N) is 1. The van der Waals surface area contributed by atoms with Gasteiger partial charge in [-0.05, 0) is 54.3 Å². The number of hydrogen-bond acceptors (Lipinski definition) is 5. The molecule has 0 saturated carbocycles. The van der Waals surface area contributed by atoms with Crippen LogP contribution in [0.3, 0.4) is 0 Å². The van der Waals surface area contributed by atoms with Crippen LogP contribution in [0.15, 0.2) is 46.7 Å². The number of amides is 1. The van der Waals surface area contributed by atoms with Crippen molar-refractivity contribution in [3.63, 3.8) is 0 Å². The minimum atomic E-state index is -3.19. The summed E-state index contributed by atoms with van der Waals surface area (Å²) in [6.07, 6.45) is 3.61. The fourth-order valence-corrected chi connectivity index (χ4v) is 4.27. The van der Waals surface area contributed by atoms with Crippen LogP contribution in [0.2, 0.25) is 0 Å². The van der Waals surface area contributed by atoms with E-state index in [1.165, 1.54) is 11.1 Å². The molecule has 1 amide bonds. The Morgan fingerprint density at radius 3 is 2.50 bits per heavy atom. The fourth-order valence-electron chi connectivity index (χ4n) is 2.74. The molecular formula is C19H25NO4S2. The number of carbonyl (C=O) groups excluding carboxylic acids is 1. The van der Waals surface area contributed by atoms with Crippen molar-refractivity contribution in [2.45, 2.75) is 36.5 Å². The molecule has 5 nitrogen and oxygen atoms in total. The topological polar surface area (TPSA) is 83.5 Å². The van der Waals surface area contributed by atoms with Gasteiger partial charge in [-0.3, -0.25) is 4.79 Å². The summed E-state index contributed by atoms with van der Waals surface area (Å²) in [5, 5.41) is 14.2. The van der Waals surface area contributed by atoms with Gasteiger partial charge < -0.3 is 10.4 Å². The van der Waals surface area contributed by atoms with Crippen molar-refractivity contribution >= 4 is 27.1 Å². The molecule has 2 N–H and O–H groups in total. The molecular weight excluding hydrogens is 370 g/mol. The van der Waals surface area contributed by atoms with Crippen LogP contribution in [-0.4, -0.2) is 38.8 Å². The maximum Gasteiger partial charge on any atom is 0.220 e. The molecule has 0 unspecified atom stereocenters. The molecule has 1 aromatic carbocycles. The fraction of sp³-hybridized carbons (Fsp3) is 0.421. The third-order valence-corrected chi connectivity index (χ3v) is 6.39. The third kappa shape index (κ3) is 6.55. The SMILES string of the molecule is CS(=O)(=O)c1ccc(CCC(=O)NCC[C@H](CCO)c2cccs2)cc1. The predicted octanol–water partition coefficient (Wildman–Crippen LogP) is 2.76. The summed E-state index contributed by atoms with van der Waals surface area (Å²) in [6.45, 7) is 0.717. The zero-order chi connectivity index (χ0) is 19.0. The summed E-state index contributed by atoms with van der Waals surface area (Å²) in [5.74, 6) is 0.245. The first-order valence-corrected chi connectivity index (χ1v) is 11.4. The number of sulfone groups is 1. The Kier molecular flexibility index (Phi) is 7.81. The van der Waals surface area contributed by atoms with Crippen molar-refractivity contribution in [1.29, 1.82) is 0 Å². The summed E-state index contributed by atoms with van der Waals surface area (Å²) < 4.78 is 22.9. The monoisotopic (exact) mass is 395 g/mol. The van der Waals surface area contributed by atoms with E-state index in [0.29, 0.717) is 25.8 Å². The lowest BCUT2D eigenvalue weighted by Gasteiger charge is -2.14. The van der Waals surface area contributed by atoms with Crippen molar-refractivity contribution in [2.24, 2.45) is 0 Å². The molecule has 0 aliphatic carbocycles. The number of carbonyl (C=O) groups is 1. The van der Waals surface area contributed by atoms with Gasteiger partial charge in [0, 0.05) is 30.7 Å². The smallest absolute Gasteiger partial charge is 0.220 e. The average molecular weight is 396 g/mol. The Bertz CT molecular complexity index is 783. The van der Waals surface area contributed by atoms with Crippen molar-refractivity contribution < 1.29 is 18.3 Å². The average Bonchev–Trinajstić information content (AvgIpc) is 3.13. The molecule has 0 aliphatic rings. The molecule has 1 aromatic heterocycles. The second-order valence-corrected chi connectivity index (χ2v) is 9.27. The lowest BCUT2D eigenvalue weighted by atomic mass is 10.00. The standard InChI is InChI=1S/C19H25NO4S2/c1-26(23,24)17-7-4-15(5-8-17)6-9-19(22)20-12-10-16(11-13-21)18-3-2-14-25-18/h2-5,7-8,14,16,21H,6,9-13H2,1H3,(H,20,22)/t16-/m1/s1. The van der Waals surface area contributed by atoms with E-state index in [4.69, 9.17) is 0 Å². The molecule has 0 aliphatic heterocycles. The lowest BCUT2D eigenvalue weighted by molar-refractivity contribution is -0.121. The first-order chi connectivity index (χ1) is 12.4. The van der Waals surface area contributed by atoms with Gasteiger partial charge in [-0.25, -0.2) is 8.42 Å². The molecule has 0 radical (unpaired) electrons. The van der Waals surface area contributed by atoms with E-state index in [1.54, 1.807) is 35.6 Å². The van der Waals surface area contributed by atoms with Gasteiger partial charge in [0.15, 0.2) is 9.84 Å². The highest BCUT2D eigenvalue weighted by atomic mass is 32.2. The van der Waals surface area contributed by atoms with Gasteiger partial charge in [0.25, 0.3) is 0 Å². The highest BCUT2D eigenvalue weighted by molar-refractivity contribution is 7.90. The Labute approximate surface area is 159 Å². The molecule has 0 spiro atoms. The minimum absolute atomic E-state index is 0.0221. The van der Waals surface area contributed by atoms with Crippen LogP contribution in [0.4, 0.5) is 0 Å². The maximum atomic E-state index is 12.0. The molecule has 7 heteroatoms. The number of aliphatic hydroxyl groups is 1. The molecule has 1 heterocycles. The summed E-state index contributed by atoms with van der Waals surface area (Å²) in [7, 11) is -3.19. The Balaban J connectivity index is 1.75. The summed E-state index contributed by atoms with van der Waals surface area (Å²) in [5.41, 5.74) is 0.935. The van der Waals surface area contributed by atoms with E-state index in [9.17, 15) is 18.3 Å². The van der Waals surface area contributed by atoms with Gasteiger partial charge in [0.1, 0.15) is 0 Å². The van der Waals surface area contributed by atoms with E-state index in [-0.39, 0.29) is 23.3 Å². The van der Waals surface area contributed by atoms with Gasteiger partial charge >= 0.3 is 0 Å². The van der Waals surface area contributed by atoms with Gasteiger partial charge in [-0.1, -0.05) is 18.2 Å². The molecule has 2 rings (SSSR count). The maximum absolute atomic E-state index is 12.0. The van der Waals surface area contributed by atoms with Crippen molar-refractivity contribution in [2.75, 3.05) is 19.4 Å².